The van der Waals surface area contributed by atoms with Crippen LogP contribution in [0.3, 0.4) is 0 Å². The average molecular weight is 467 g/mol. The van der Waals surface area contributed by atoms with E-state index in [1.807, 2.05) is 0 Å². The van der Waals surface area contributed by atoms with Gasteiger partial charge in [-0.1, -0.05) is 0 Å². The van der Waals surface area contributed by atoms with Gasteiger partial charge in [0.1, 0.15) is 17.9 Å². The molecule has 5 rings (SSSR count). The maximum Gasteiger partial charge on any atom is 0.229 e. The van der Waals surface area contributed by atoms with Crippen molar-refractivity contribution in [3.63, 3.8) is 0 Å². The summed E-state index contributed by atoms with van der Waals surface area (Å²) in [5, 5.41) is 25.3. The molecule has 0 unspecified atom stereocenters. The largest absolute Gasteiger partial charge is 0.489 e. The Morgan fingerprint density at radius 3 is 2.85 bits per heavy atom. The first-order valence-corrected chi connectivity index (χ1v) is 12.0. The fourth-order valence-electron chi connectivity index (χ4n) is 5.38. The molecule has 34 heavy (non-hydrogen) atoms. The van der Waals surface area contributed by atoms with Crippen LogP contribution in [0.25, 0.3) is 0 Å². The van der Waals surface area contributed by atoms with E-state index in [-0.39, 0.29) is 35.6 Å². The molecular formula is C25H31FN6O2. The Balaban J connectivity index is 1.25. The minimum atomic E-state index is -0.483. The zero-order valence-electron chi connectivity index (χ0n) is 19.6. The van der Waals surface area contributed by atoms with Gasteiger partial charge < -0.3 is 20.5 Å². The molecule has 0 amide bonds. The maximum atomic E-state index is 14.5. The lowest BCUT2D eigenvalue weighted by molar-refractivity contribution is -0.0109. The Labute approximate surface area is 199 Å². The topological polar surface area (TPSA) is 106 Å². The van der Waals surface area contributed by atoms with Gasteiger partial charge in [-0.25, -0.2) is 9.37 Å². The second-order valence-corrected chi connectivity index (χ2v) is 10.3. The van der Waals surface area contributed by atoms with E-state index in [0.29, 0.717) is 35.9 Å². The summed E-state index contributed by atoms with van der Waals surface area (Å²) in [5.74, 6) is 0.442. The van der Waals surface area contributed by atoms with Gasteiger partial charge in [0.25, 0.3) is 0 Å². The lowest BCUT2D eigenvalue weighted by Gasteiger charge is -2.42. The molecule has 180 valence electrons. The number of piperidine rings is 1. The van der Waals surface area contributed by atoms with E-state index < -0.39 is 5.82 Å². The summed E-state index contributed by atoms with van der Waals surface area (Å²) in [5.41, 5.74) is 1.23. The second kappa shape index (κ2) is 9.01. The number of nitrogens with one attached hydrogen (secondary N) is 2. The molecule has 1 aromatic carbocycles. The third kappa shape index (κ3) is 4.65. The van der Waals surface area contributed by atoms with E-state index in [9.17, 15) is 14.8 Å². The average Bonchev–Trinajstić information content (AvgIpc) is 3.10. The number of nitrogens with zero attached hydrogens (tertiary/aromatic N) is 4. The number of hydrogen-bond donors (Lipinski definition) is 3. The van der Waals surface area contributed by atoms with Crippen LogP contribution < -0.4 is 15.4 Å². The molecule has 1 saturated carbocycles. The van der Waals surface area contributed by atoms with E-state index in [0.717, 1.165) is 25.6 Å². The molecule has 0 spiro atoms. The van der Waals surface area contributed by atoms with E-state index >= 15 is 0 Å². The summed E-state index contributed by atoms with van der Waals surface area (Å²) >= 11 is 0. The first-order valence-electron chi connectivity index (χ1n) is 12.0. The number of fused-ring (bicyclic) bond motifs is 1. The van der Waals surface area contributed by atoms with Crippen LogP contribution >= 0.6 is 0 Å². The van der Waals surface area contributed by atoms with Gasteiger partial charge in [0, 0.05) is 42.7 Å². The molecule has 2 saturated heterocycles. The summed E-state index contributed by atoms with van der Waals surface area (Å²) in [6.45, 7) is 5.60. The number of aliphatic hydroxyl groups excluding tert-OH is 1. The molecule has 1 aromatic heterocycles. The first kappa shape index (κ1) is 22.8. The van der Waals surface area contributed by atoms with Crippen LogP contribution in [0.15, 0.2) is 24.4 Å². The highest BCUT2D eigenvalue weighted by molar-refractivity contribution is 5.61. The fraction of sp³-hybridized carbons (Fsp3) is 0.560. The Morgan fingerprint density at radius 1 is 1.26 bits per heavy atom. The zero-order valence-corrected chi connectivity index (χ0v) is 19.6. The summed E-state index contributed by atoms with van der Waals surface area (Å²) in [7, 11) is 0. The quantitative estimate of drug-likeness (QED) is 0.588. The molecule has 3 N–H and O–H groups in total. The lowest BCUT2D eigenvalue weighted by Crippen LogP contribution is -2.50. The standard InChI is InChI=1S/C25H31FN6O2/c1-25(2)7-5-18-10-17(6-8-32(18)25)29-23-21(26)14-28-24(31-23)30-16-3-4-22(15(9-16)13-27)34-20-11-19(33)12-20/h3-4,9,14,17-20,33H,5-8,10-12H2,1-2H3,(H2,28,29,30,31)/t17-,18-,19?,20?/m0/s1. The molecular weight excluding hydrogens is 435 g/mol. The minimum absolute atomic E-state index is 0.0721. The molecule has 1 aliphatic carbocycles. The fourth-order valence-corrected chi connectivity index (χ4v) is 5.38. The zero-order chi connectivity index (χ0) is 23.9. The van der Waals surface area contributed by atoms with Gasteiger partial charge in [-0.05, 0) is 57.7 Å². The molecule has 2 aliphatic heterocycles. The van der Waals surface area contributed by atoms with E-state index in [2.05, 4.69) is 45.4 Å². The molecule has 3 heterocycles. The molecule has 2 aromatic rings. The molecule has 9 heteroatoms. The van der Waals surface area contributed by atoms with Gasteiger partial charge in [0.05, 0.1) is 17.9 Å². The van der Waals surface area contributed by atoms with Crippen LogP contribution in [0.5, 0.6) is 5.75 Å². The van der Waals surface area contributed by atoms with Gasteiger partial charge in [-0.3, -0.25) is 4.90 Å². The van der Waals surface area contributed by atoms with Crippen molar-refractivity contribution in [2.45, 2.75) is 82.2 Å². The third-order valence-corrected chi connectivity index (χ3v) is 7.39. The monoisotopic (exact) mass is 466 g/mol. The van der Waals surface area contributed by atoms with Crippen LogP contribution in [0, 0.1) is 17.1 Å². The summed E-state index contributed by atoms with van der Waals surface area (Å²) in [6, 6.07) is 7.97. The number of aliphatic hydroxyl groups is 1. The highest BCUT2D eigenvalue weighted by Crippen LogP contribution is 2.39. The Kier molecular flexibility index (Phi) is 6.04. The molecule has 0 radical (unpaired) electrons. The summed E-state index contributed by atoms with van der Waals surface area (Å²) in [6.07, 6.45) is 6.19. The van der Waals surface area contributed by atoms with Crippen molar-refractivity contribution in [3.05, 3.63) is 35.8 Å². The van der Waals surface area contributed by atoms with Gasteiger partial charge >= 0.3 is 0 Å². The predicted octanol–water partition coefficient (Wildman–Crippen LogP) is 3.95. The van der Waals surface area contributed by atoms with Crippen LogP contribution in [0.2, 0.25) is 0 Å². The van der Waals surface area contributed by atoms with Crippen LogP contribution in [-0.4, -0.2) is 56.3 Å². The van der Waals surface area contributed by atoms with Gasteiger partial charge in [0.15, 0.2) is 11.6 Å². The highest BCUT2D eigenvalue weighted by Gasteiger charge is 2.42. The van der Waals surface area contributed by atoms with Gasteiger partial charge in [0.2, 0.25) is 5.95 Å². The second-order valence-electron chi connectivity index (χ2n) is 10.3. The van der Waals surface area contributed by atoms with E-state index in [4.69, 9.17) is 4.74 Å². The lowest BCUT2D eigenvalue weighted by atomic mass is 9.92. The first-order chi connectivity index (χ1) is 16.3. The van der Waals surface area contributed by atoms with Crippen LogP contribution in [-0.2, 0) is 0 Å². The number of nitriles is 1. The van der Waals surface area contributed by atoms with Crippen molar-refractivity contribution in [2.75, 3.05) is 17.2 Å². The normalized spacial score (nSPS) is 27.9. The SMILES string of the molecule is CC1(C)CC[C@H]2C[C@@H](Nc3nc(Nc4ccc(OC5CC(O)C5)c(C#N)c4)ncc3F)CCN21. The van der Waals surface area contributed by atoms with Crippen molar-refractivity contribution in [1.82, 2.24) is 14.9 Å². The van der Waals surface area contributed by atoms with Gasteiger partial charge in [-0.2, -0.15) is 10.2 Å². The predicted molar refractivity (Wildman–Crippen MR) is 127 cm³/mol. The number of anilines is 3. The van der Waals surface area contributed by atoms with Crippen LogP contribution in [0.1, 0.15) is 57.9 Å². The Bertz CT molecular complexity index is 1100. The van der Waals surface area contributed by atoms with E-state index in [1.165, 1.54) is 12.8 Å². The summed E-state index contributed by atoms with van der Waals surface area (Å²) < 4.78 is 20.3. The molecule has 3 fully saturated rings. The van der Waals surface area contributed by atoms with Crippen LogP contribution in [0.4, 0.5) is 21.8 Å². The Hall–Kier alpha value is -2.96. The molecule has 3 aliphatic rings. The number of ether oxygens (including phenoxy) is 1. The van der Waals surface area contributed by atoms with E-state index in [1.54, 1.807) is 18.2 Å². The molecule has 0 bridgehead atoms. The Morgan fingerprint density at radius 2 is 2.09 bits per heavy atom. The number of aromatic nitrogens is 2. The van der Waals surface area contributed by atoms with Crippen molar-refractivity contribution in [1.29, 1.82) is 5.26 Å². The van der Waals surface area contributed by atoms with Crippen molar-refractivity contribution < 1.29 is 14.2 Å². The molecule has 8 nitrogen and oxygen atoms in total. The summed E-state index contributed by atoms with van der Waals surface area (Å²) in [4.78, 5) is 11.0. The smallest absolute Gasteiger partial charge is 0.229 e. The number of rotatable bonds is 6. The number of halogens is 1. The van der Waals surface area contributed by atoms with Crippen molar-refractivity contribution in [3.8, 4) is 11.8 Å². The minimum Gasteiger partial charge on any atom is -0.489 e. The third-order valence-electron chi connectivity index (χ3n) is 7.39. The number of hydrogen-bond acceptors (Lipinski definition) is 8. The van der Waals surface area contributed by atoms with Crippen molar-refractivity contribution in [2.24, 2.45) is 0 Å². The van der Waals surface area contributed by atoms with Gasteiger partial charge in [-0.15, -0.1) is 0 Å². The number of benzene rings is 1. The maximum absolute atomic E-state index is 14.5. The van der Waals surface area contributed by atoms with Crippen molar-refractivity contribution >= 4 is 17.5 Å². The highest BCUT2D eigenvalue weighted by atomic mass is 19.1. The molecule has 2 atom stereocenters.